The molecule has 1 aliphatic heterocycles. The lowest BCUT2D eigenvalue weighted by Crippen LogP contribution is -2.37. The molecule has 1 saturated heterocycles. The monoisotopic (exact) mass is 240 g/mol. The molecule has 1 aliphatic rings. The molecule has 1 amide bonds. The van der Waals surface area contributed by atoms with Gasteiger partial charge in [-0.15, -0.1) is 0 Å². The molecule has 0 atom stereocenters. The number of anilines is 2. The van der Waals surface area contributed by atoms with Crippen molar-refractivity contribution in [3.05, 3.63) is 24.0 Å². The summed E-state index contributed by atoms with van der Waals surface area (Å²) in [6.07, 6.45) is -1.20. The van der Waals surface area contributed by atoms with Gasteiger partial charge in [0.1, 0.15) is 5.82 Å². The number of hydrogen-bond acceptors (Lipinski definition) is 3. The predicted molar refractivity (Wildman–Crippen MR) is 61.1 cm³/mol. The van der Waals surface area contributed by atoms with Gasteiger partial charge in [0, 0.05) is 13.1 Å². The van der Waals surface area contributed by atoms with Gasteiger partial charge in [-0.3, -0.25) is 5.32 Å². The lowest BCUT2D eigenvalue weighted by Gasteiger charge is -2.30. The van der Waals surface area contributed by atoms with E-state index in [1.54, 1.807) is 11.0 Å². The molecule has 17 heavy (non-hydrogen) atoms. The molecule has 0 saturated carbocycles. The molecule has 6 heteroatoms. The number of morpholine rings is 1. The summed E-state index contributed by atoms with van der Waals surface area (Å²) in [6, 6.07) is 4.34. The zero-order valence-corrected chi connectivity index (χ0v) is 9.15. The molecule has 5 nitrogen and oxygen atoms in total. The average Bonchev–Trinajstić information content (AvgIpc) is 2.29. The maximum absolute atomic E-state index is 13.8. The van der Waals surface area contributed by atoms with Crippen molar-refractivity contribution in [3.63, 3.8) is 0 Å². The van der Waals surface area contributed by atoms with Crippen LogP contribution in [0.1, 0.15) is 0 Å². The van der Waals surface area contributed by atoms with Crippen molar-refractivity contribution in [2.75, 3.05) is 36.5 Å². The minimum atomic E-state index is -1.20. The van der Waals surface area contributed by atoms with Gasteiger partial charge >= 0.3 is 6.09 Å². The molecule has 1 aromatic rings. The topological polar surface area (TPSA) is 61.8 Å². The first-order valence-corrected chi connectivity index (χ1v) is 5.29. The SMILES string of the molecule is O=C(O)Nc1cccc(F)c1N1CCOCC1. The van der Waals surface area contributed by atoms with Gasteiger partial charge in [0.05, 0.1) is 24.6 Å². The highest BCUT2D eigenvalue weighted by Crippen LogP contribution is 2.29. The number of carboxylic acid groups (broad SMARTS) is 1. The number of carbonyl (C=O) groups is 1. The van der Waals surface area contributed by atoms with Gasteiger partial charge in [-0.1, -0.05) is 6.07 Å². The van der Waals surface area contributed by atoms with Crippen LogP contribution in [-0.4, -0.2) is 37.5 Å². The number of rotatable bonds is 2. The van der Waals surface area contributed by atoms with Crippen LogP contribution in [0.2, 0.25) is 0 Å². The molecule has 1 aromatic carbocycles. The number of benzene rings is 1. The van der Waals surface area contributed by atoms with Crippen LogP contribution in [0.25, 0.3) is 0 Å². The van der Waals surface area contributed by atoms with Gasteiger partial charge < -0.3 is 14.7 Å². The van der Waals surface area contributed by atoms with Gasteiger partial charge in [0.15, 0.2) is 0 Å². The second-order valence-corrected chi connectivity index (χ2v) is 3.67. The first-order valence-electron chi connectivity index (χ1n) is 5.29. The number of para-hydroxylation sites is 1. The van der Waals surface area contributed by atoms with E-state index in [0.29, 0.717) is 32.0 Å². The number of nitrogens with one attached hydrogen (secondary N) is 1. The molecule has 1 heterocycles. The second-order valence-electron chi connectivity index (χ2n) is 3.67. The van der Waals surface area contributed by atoms with Crippen molar-refractivity contribution < 1.29 is 19.0 Å². The fourth-order valence-corrected chi connectivity index (χ4v) is 1.84. The summed E-state index contributed by atoms with van der Waals surface area (Å²) >= 11 is 0. The van der Waals surface area contributed by atoms with Crippen LogP contribution in [-0.2, 0) is 4.74 Å². The predicted octanol–water partition coefficient (Wildman–Crippen LogP) is 1.75. The number of amides is 1. The third-order valence-electron chi connectivity index (χ3n) is 2.56. The summed E-state index contributed by atoms with van der Waals surface area (Å²) in [5.41, 5.74) is 0.553. The van der Waals surface area contributed by atoms with E-state index in [4.69, 9.17) is 9.84 Å². The molecule has 0 aromatic heterocycles. The number of nitrogens with zero attached hydrogens (tertiary/aromatic N) is 1. The van der Waals surface area contributed by atoms with Crippen LogP contribution < -0.4 is 10.2 Å². The van der Waals surface area contributed by atoms with Crippen molar-refractivity contribution >= 4 is 17.5 Å². The molecule has 0 unspecified atom stereocenters. The summed E-state index contributed by atoms with van der Waals surface area (Å²) in [5, 5.41) is 10.9. The van der Waals surface area contributed by atoms with Gasteiger partial charge in [0.2, 0.25) is 0 Å². The standard InChI is InChI=1S/C11H13FN2O3/c12-8-2-1-3-9(13-11(15)16)10(8)14-4-6-17-7-5-14/h1-3,13H,4-7H2,(H,15,16). The highest BCUT2D eigenvalue weighted by Gasteiger charge is 2.19. The first kappa shape index (κ1) is 11.7. The lowest BCUT2D eigenvalue weighted by molar-refractivity contribution is 0.122. The smallest absolute Gasteiger partial charge is 0.409 e. The molecule has 2 N–H and O–H groups in total. The van der Waals surface area contributed by atoms with Crippen molar-refractivity contribution in [1.29, 1.82) is 0 Å². The molecule has 2 rings (SSSR count). The summed E-state index contributed by atoms with van der Waals surface area (Å²) in [5.74, 6) is -0.432. The maximum Gasteiger partial charge on any atom is 0.409 e. The minimum Gasteiger partial charge on any atom is -0.465 e. The third kappa shape index (κ3) is 2.65. The van der Waals surface area contributed by atoms with E-state index < -0.39 is 11.9 Å². The minimum absolute atomic E-state index is 0.263. The highest BCUT2D eigenvalue weighted by atomic mass is 19.1. The largest absolute Gasteiger partial charge is 0.465 e. The van der Waals surface area contributed by atoms with Crippen LogP contribution in [0.5, 0.6) is 0 Å². The molecular formula is C11H13FN2O3. The van der Waals surface area contributed by atoms with Crippen LogP contribution in [0.3, 0.4) is 0 Å². The van der Waals surface area contributed by atoms with E-state index in [1.807, 2.05) is 0 Å². The Kier molecular flexibility index (Phi) is 3.43. The Hall–Kier alpha value is -1.82. The molecule has 0 radical (unpaired) electrons. The van der Waals surface area contributed by atoms with E-state index in [2.05, 4.69) is 5.32 Å². The number of ether oxygens (including phenoxy) is 1. The Morgan fingerprint density at radius 1 is 1.41 bits per heavy atom. The fourth-order valence-electron chi connectivity index (χ4n) is 1.84. The Morgan fingerprint density at radius 3 is 2.76 bits per heavy atom. The normalized spacial score (nSPS) is 15.7. The first-order chi connectivity index (χ1) is 8.18. The molecule has 0 spiro atoms. The molecule has 92 valence electrons. The number of halogens is 1. The van der Waals surface area contributed by atoms with Crippen molar-refractivity contribution in [3.8, 4) is 0 Å². The van der Waals surface area contributed by atoms with Gasteiger partial charge in [0.25, 0.3) is 0 Å². The molecule has 1 fully saturated rings. The van der Waals surface area contributed by atoms with Gasteiger partial charge in [-0.25, -0.2) is 9.18 Å². The van der Waals surface area contributed by atoms with Crippen LogP contribution in [0.15, 0.2) is 18.2 Å². The quantitative estimate of drug-likeness (QED) is 0.826. The Bertz CT molecular complexity index is 419. The maximum atomic E-state index is 13.8. The van der Waals surface area contributed by atoms with E-state index in [-0.39, 0.29) is 5.69 Å². The highest BCUT2D eigenvalue weighted by molar-refractivity contribution is 5.88. The Labute approximate surface area is 97.8 Å². The zero-order valence-electron chi connectivity index (χ0n) is 9.15. The van der Waals surface area contributed by atoms with E-state index in [9.17, 15) is 9.18 Å². The average molecular weight is 240 g/mol. The Balaban J connectivity index is 2.31. The fraction of sp³-hybridized carbons (Fsp3) is 0.364. The summed E-state index contributed by atoms with van der Waals surface area (Å²) < 4.78 is 19.0. The summed E-state index contributed by atoms with van der Waals surface area (Å²) in [6.45, 7) is 2.13. The van der Waals surface area contributed by atoms with Crippen LogP contribution >= 0.6 is 0 Å². The van der Waals surface area contributed by atoms with Gasteiger partial charge in [-0.05, 0) is 12.1 Å². The summed E-state index contributed by atoms with van der Waals surface area (Å²) in [4.78, 5) is 12.4. The molecule has 0 aliphatic carbocycles. The van der Waals surface area contributed by atoms with Gasteiger partial charge in [-0.2, -0.15) is 0 Å². The Morgan fingerprint density at radius 2 is 2.12 bits per heavy atom. The molecular weight excluding hydrogens is 227 g/mol. The molecule has 0 bridgehead atoms. The summed E-state index contributed by atoms with van der Waals surface area (Å²) in [7, 11) is 0. The van der Waals surface area contributed by atoms with Crippen molar-refractivity contribution in [1.82, 2.24) is 0 Å². The van der Waals surface area contributed by atoms with Crippen LogP contribution in [0, 0.1) is 5.82 Å². The van der Waals surface area contributed by atoms with Crippen LogP contribution in [0.4, 0.5) is 20.6 Å². The third-order valence-corrected chi connectivity index (χ3v) is 2.56. The number of hydrogen-bond donors (Lipinski definition) is 2. The van der Waals surface area contributed by atoms with E-state index >= 15 is 0 Å². The lowest BCUT2D eigenvalue weighted by atomic mass is 10.2. The van der Waals surface area contributed by atoms with Crippen molar-refractivity contribution in [2.45, 2.75) is 0 Å². The zero-order chi connectivity index (χ0) is 12.3. The van der Waals surface area contributed by atoms with E-state index in [1.165, 1.54) is 12.1 Å². The van der Waals surface area contributed by atoms with E-state index in [0.717, 1.165) is 0 Å². The second kappa shape index (κ2) is 5.01. The van der Waals surface area contributed by atoms with Crippen molar-refractivity contribution in [2.24, 2.45) is 0 Å².